The van der Waals surface area contributed by atoms with Crippen LogP contribution >= 0.6 is 11.3 Å². The van der Waals surface area contributed by atoms with Gasteiger partial charge in [0.15, 0.2) is 0 Å². The molecule has 0 radical (unpaired) electrons. The molecule has 2 aromatic rings. The maximum atomic E-state index is 12.2. The van der Waals surface area contributed by atoms with Crippen molar-refractivity contribution in [3.63, 3.8) is 0 Å². The summed E-state index contributed by atoms with van der Waals surface area (Å²) in [6.07, 6.45) is 0. The van der Waals surface area contributed by atoms with E-state index in [-0.39, 0.29) is 5.75 Å². The van der Waals surface area contributed by atoms with E-state index in [2.05, 4.69) is 9.72 Å². The SMILES string of the molecule is NCc1csc(-c2ccccc2OC(F)F)n1. The topological polar surface area (TPSA) is 48.1 Å². The summed E-state index contributed by atoms with van der Waals surface area (Å²) in [5.41, 5.74) is 6.74. The molecule has 0 aliphatic carbocycles. The van der Waals surface area contributed by atoms with Gasteiger partial charge in [0, 0.05) is 11.9 Å². The van der Waals surface area contributed by atoms with Crippen LogP contribution in [0.4, 0.5) is 8.78 Å². The molecule has 90 valence electrons. The van der Waals surface area contributed by atoms with Crippen molar-refractivity contribution in [1.29, 1.82) is 0 Å². The fourth-order valence-electron chi connectivity index (χ4n) is 1.37. The number of nitrogens with two attached hydrogens (primary N) is 1. The Morgan fingerprint density at radius 1 is 1.35 bits per heavy atom. The van der Waals surface area contributed by atoms with Gasteiger partial charge < -0.3 is 10.5 Å². The second-order valence-electron chi connectivity index (χ2n) is 3.22. The van der Waals surface area contributed by atoms with E-state index < -0.39 is 6.61 Å². The molecule has 2 rings (SSSR count). The van der Waals surface area contributed by atoms with E-state index in [0.717, 1.165) is 5.69 Å². The van der Waals surface area contributed by atoms with E-state index >= 15 is 0 Å². The highest BCUT2D eigenvalue weighted by Gasteiger charge is 2.13. The maximum absolute atomic E-state index is 12.2. The molecule has 0 fully saturated rings. The molecule has 0 unspecified atom stereocenters. The summed E-state index contributed by atoms with van der Waals surface area (Å²) < 4.78 is 28.9. The lowest BCUT2D eigenvalue weighted by atomic mass is 10.2. The first kappa shape index (κ1) is 11.9. The summed E-state index contributed by atoms with van der Waals surface area (Å²) in [5, 5.41) is 2.43. The van der Waals surface area contributed by atoms with Crippen LogP contribution in [0.1, 0.15) is 5.69 Å². The molecule has 0 spiro atoms. The Balaban J connectivity index is 2.36. The van der Waals surface area contributed by atoms with Gasteiger partial charge in [0.1, 0.15) is 10.8 Å². The van der Waals surface area contributed by atoms with Gasteiger partial charge in [-0.25, -0.2) is 4.98 Å². The Morgan fingerprint density at radius 3 is 2.76 bits per heavy atom. The summed E-state index contributed by atoms with van der Waals surface area (Å²) in [6, 6.07) is 6.57. The zero-order valence-corrected chi connectivity index (χ0v) is 9.58. The maximum Gasteiger partial charge on any atom is 0.387 e. The van der Waals surface area contributed by atoms with Crippen molar-refractivity contribution in [3.8, 4) is 16.3 Å². The third-order valence-electron chi connectivity index (χ3n) is 2.09. The van der Waals surface area contributed by atoms with E-state index in [0.29, 0.717) is 17.1 Å². The lowest BCUT2D eigenvalue weighted by Gasteiger charge is -2.08. The van der Waals surface area contributed by atoms with Crippen molar-refractivity contribution in [3.05, 3.63) is 35.3 Å². The number of rotatable bonds is 4. The molecular formula is C11H10F2N2OS. The van der Waals surface area contributed by atoms with E-state index in [1.54, 1.807) is 23.6 Å². The highest BCUT2D eigenvalue weighted by Crippen LogP contribution is 2.32. The molecule has 1 heterocycles. The lowest BCUT2D eigenvalue weighted by Crippen LogP contribution is -2.03. The van der Waals surface area contributed by atoms with Crippen molar-refractivity contribution >= 4 is 11.3 Å². The van der Waals surface area contributed by atoms with Crippen LogP contribution in [0.2, 0.25) is 0 Å². The molecule has 1 aromatic carbocycles. The van der Waals surface area contributed by atoms with Crippen LogP contribution in [0, 0.1) is 0 Å². The molecule has 0 bridgehead atoms. The van der Waals surface area contributed by atoms with Crippen LogP contribution in [0.3, 0.4) is 0 Å². The predicted molar refractivity (Wildman–Crippen MR) is 62.1 cm³/mol. The number of alkyl halides is 2. The van der Waals surface area contributed by atoms with E-state index in [4.69, 9.17) is 5.73 Å². The van der Waals surface area contributed by atoms with Gasteiger partial charge in [-0.15, -0.1) is 11.3 Å². The number of hydrogen-bond donors (Lipinski definition) is 1. The standard InChI is InChI=1S/C11H10F2N2OS/c12-11(13)16-9-4-2-1-3-8(9)10-15-7(5-14)6-17-10/h1-4,6,11H,5,14H2. The minimum Gasteiger partial charge on any atom is -0.434 e. The summed E-state index contributed by atoms with van der Waals surface area (Å²) in [6.45, 7) is -2.51. The highest BCUT2D eigenvalue weighted by molar-refractivity contribution is 7.13. The monoisotopic (exact) mass is 256 g/mol. The van der Waals surface area contributed by atoms with Crippen LogP contribution in [-0.4, -0.2) is 11.6 Å². The van der Waals surface area contributed by atoms with Crippen molar-refractivity contribution in [1.82, 2.24) is 4.98 Å². The predicted octanol–water partition coefficient (Wildman–Crippen LogP) is 2.87. The van der Waals surface area contributed by atoms with Crippen LogP contribution < -0.4 is 10.5 Å². The second kappa shape index (κ2) is 5.20. The molecule has 1 aromatic heterocycles. The van der Waals surface area contributed by atoms with Crippen LogP contribution in [0.25, 0.3) is 10.6 Å². The normalized spacial score (nSPS) is 10.8. The Kier molecular flexibility index (Phi) is 3.65. The Morgan fingerprint density at radius 2 is 2.12 bits per heavy atom. The average molecular weight is 256 g/mol. The first-order valence-electron chi connectivity index (χ1n) is 4.89. The molecule has 0 aliphatic rings. The van der Waals surface area contributed by atoms with Crippen LogP contribution in [0.15, 0.2) is 29.6 Å². The first-order chi connectivity index (χ1) is 8.20. The first-order valence-corrected chi connectivity index (χ1v) is 5.77. The molecular weight excluding hydrogens is 246 g/mol. The van der Waals surface area contributed by atoms with Crippen molar-refractivity contribution in [2.24, 2.45) is 5.73 Å². The van der Waals surface area contributed by atoms with Gasteiger partial charge in [-0.1, -0.05) is 12.1 Å². The molecule has 2 N–H and O–H groups in total. The third kappa shape index (κ3) is 2.78. The van der Waals surface area contributed by atoms with Gasteiger partial charge in [-0.2, -0.15) is 8.78 Å². The van der Waals surface area contributed by atoms with E-state index in [1.807, 2.05) is 0 Å². The fourth-order valence-corrected chi connectivity index (χ4v) is 2.23. The average Bonchev–Trinajstić information content (AvgIpc) is 2.77. The number of halogens is 2. The third-order valence-corrected chi connectivity index (χ3v) is 3.02. The zero-order valence-electron chi connectivity index (χ0n) is 8.77. The van der Waals surface area contributed by atoms with Crippen molar-refractivity contribution in [2.45, 2.75) is 13.2 Å². The number of nitrogens with zero attached hydrogens (tertiary/aromatic N) is 1. The molecule has 3 nitrogen and oxygen atoms in total. The highest BCUT2D eigenvalue weighted by atomic mass is 32.1. The molecule has 0 saturated heterocycles. The number of ether oxygens (including phenoxy) is 1. The summed E-state index contributed by atoms with van der Waals surface area (Å²) in [7, 11) is 0. The minimum absolute atomic E-state index is 0.125. The number of para-hydroxylation sites is 1. The largest absolute Gasteiger partial charge is 0.434 e. The van der Waals surface area contributed by atoms with Gasteiger partial charge in [-0.05, 0) is 12.1 Å². The van der Waals surface area contributed by atoms with E-state index in [1.165, 1.54) is 17.4 Å². The Hall–Kier alpha value is -1.53. The summed E-state index contributed by atoms with van der Waals surface area (Å²) in [5.74, 6) is 0.125. The lowest BCUT2D eigenvalue weighted by molar-refractivity contribution is -0.0494. The molecule has 0 aliphatic heterocycles. The smallest absolute Gasteiger partial charge is 0.387 e. The quantitative estimate of drug-likeness (QED) is 0.915. The van der Waals surface area contributed by atoms with Crippen LogP contribution in [0.5, 0.6) is 5.75 Å². The Bertz CT molecular complexity index is 502. The van der Waals surface area contributed by atoms with Crippen molar-refractivity contribution < 1.29 is 13.5 Å². The van der Waals surface area contributed by atoms with Crippen LogP contribution in [-0.2, 0) is 6.54 Å². The van der Waals surface area contributed by atoms with Gasteiger partial charge >= 0.3 is 6.61 Å². The van der Waals surface area contributed by atoms with Gasteiger partial charge in [-0.3, -0.25) is 0 Å². The summed E-state index contributed by atoms with van der Waals surface area (Å²) in [4.78, 5) is 4.24. The second-order valence-corrected chi connectivity index (χ2v) is 4.08. The van der Waals surface area contributed by atoms with Gasteiger partial charge in [0.2, 0.25) is 0 Å². The number of benzene rings is 1. The number of hydrogen-bond acceptors (Lipinski definition) is 4. The molecule has 17 heavy (non-hydrogen) atoms. The van der Waals surface area contributed by atoms with Gasteiger partial charge in [0.25, 0.3) is 0 Å². The minimum atomic E-state index is -2.84. The zero-order chi connectivity index (χ0) is 12.3. The van der Waals surface area contributed by atoms with Crippen molar-refractivity contribution in [2.75, 3.05) is 0 Å². The Labute approximate surface area is 101 Å². The number of aromatic nitrogens is 1. The van der Waals surface area contributed by atoms with Gasteiger partial charge in [0.05, 0.1) is 11.3 Å². The summed E-state index contributed by atoms with van der Waals surface area (Å²) >= 11 is 1.35. The fraction of sp³-hybridized carbons (Fsp3) is 0.182. The molecule has 6 heteroatoms. The number of thiazole rings is 1. The molecule has 0 saturated carbocycles. The van der Waals surface area contributed by atoms with E-state index in [9.17, 15) is 8.78 Å². The molecule has 0 amide bonds. The molecule has 0 atom stereocenters.